The number of benzene rings is 1. The highest BCUT2D eigenvalue weighted by Crippen LogP contribution is 2.16. The van der Waals surface area contributed by atoms with E-state index < -0.39 is 0 Å². The highest BCUT2D eigenvalue weighted by atomic mass is 15.2. The van der Waals surface area contributed by atoms with E-state index in [1.54, 1.807) is 0 Å². The van der Waals surface area contributed by atoms with E-state index >= 15 is 0 Å². The molecule has 0 unspecified atom stereocenters. The highest BCUT2D eigenvalue weighted by Gasteiger charge is 2.04. The summed E-state index contributed by atoms with van der Waals surface area (Å²) < 4.78 is 3.95. The van der Waals surface area contributed by atoms with Gasteiger partial charge in [0.2, 0.25) is 0 Å². The Labute approximate surface area is 105 Å². The van der Waals surface area contributed by atoms with E-state index in [4.69, 9.17) is 5.73 Å². The van der Waals surface area contributed by atoms with E-state index in [1.165, 1.54) is 0 Å². The topological polar surface area (TPSA) is 61.7 Å². The Kier molecular flexibility index (Phi) is 2.51. The molecule has 2 N–H and O–H groups in total. The number of imidazole rings is 1. The second kappa shape index (κ2) is 4.18. The molecule has 5 heteroatoms. The average Bonchev–Trinajstić information content (AvgIpc) is 2.92. The third kappa shape index (κ3) is 1.95. The van der Waals surface area contributed by atoms with Crippen LogP contribution in [0.25, 0.3) is 11.0 Å². The standard InChI is InChI=1S/C13H15N5/c1-17-6-4-11(16-17)5-7-18-9-15-12-8-10(14)2-3-13(12)18/h2-4,6,8-9H,5,7,14H2,1H3. The first-order chi connectivity index (χ1) is 8.72. The molecule has 2 heterocycles. The van der Waals surface area contributed by atoms with Crippen molar-refractivity contribution in [2.75, 3.05) is 5.73 Å². The zero-order valence-corrected chi connectivity index (χ0v) is 10.2. The van der Waals surface area contributed by atoms with Crippen LogP contribution in [0.15, 0.2) is 36.8 Å². The molecule has 0 aliphatic heterocycles. The SMILES string of the molecule is Cn1ccc(CCn2cnc3cc(N)ccc32)n1. The molecule has 0 aliphatic carbocycles. The van der Waals surface area contributed by atoms with Crippen molar-refractivity contribution >= 4 is 16.7 Å². The number of anilines is 1. The molecule has 3 aromatic rings. The van der Waals surface area contributed by atoms with Gasteiger partial charge in [-0.25, -0.2) is 4.98 Å². The van der Waals surface area contributed by atoms with Crippen LogP contribution >= 0.6 is 0 Å². The van der Waals surface area contributed by atoms with E-state index in [1.807, 2.05) is 48.5 Å². The summed E-state index contributed by atoms with van der Waals surface area (Å²) in [6.07, 6.45) is 4.71. The lowest BCUT2D eigenvalue weighted by atomic mass is 10.2. The van der Waals surface area contributed by atoms with Crippen LogP contribution in [0.4, 0.5) is 5.69 Å². The lowest BCUT2D eigenvalue weighted by Crippen LogP contribution is -2.01. The number of fused-ring (bicyclic) bond motifs is 1. The first-order valence-corrected chi connectivity index (χ1v) is 5.91. The molecule has 0 amide bonds. The summed E-state index contributed by atoms with van der Waals surface area (Å²) in [6.45, 7) is 0.872. The Bertz CT molecular complexity index is 680. The van der Waals surface area contributed by atoms with Gasteiger partial charge in [-0.15, -0.1) is 0 Å². The maximum Gasteiger partial charge on any atom is 0.0958 e. The summed E-state index contributed by atoms with van der Waals surface area (Å²) in [5, 5.41) is 4.37. The first-order valence-electron chi connectivity index (χ1n) is 5.91. The van der Waals surface area contributed by atoms with Crippen LogP contribution in [0.3, 0.4) is 0 Å². The van der Waals surface area contributed by atoms with Gasteiger partial charge in [0.15, 0.2) is 0 Å². The van der Waals surface area contributed by atoms with Crippen molar-refractivity contribution in [2.24, 2.45) is 7.05 Å². The quantitative estimate of drug-likeness (QED) is 0.708. The largest absolute Gasteiger partial charge is 0.399 e. The fourth-order valence-corrected chi connectivity index (χ4v) is 2.09. The van der Waals surface area contributed by atoms with Gasteiger partial charge in [-0.05, 0) is 24.3 Å². The van der Waals surface area contributed by atoms with Gasteiger partial charge in [-0.1, -0.05) is 0 Å². The second-order valence-electron chi connectivity index (χ2n) is 4.42. The van der Waals surface area contributed by atoms with Gasteiger partial charge in [0.25, 0.3) is 0 Å². The summed E-state index contributed by atoms with van der Waals surface area (Å²) in [6, 6.07) is 7.85. The molecular formula is C13H15N5. The average molecular weight is 241 g/mol. The van der Waals surface area contributed by atoms with Crippen molar-refractivity contribution in [3.8, 4) is 0 Å². The zero-order chi connectivity index (χ0) is 12.5. The third-order valence-corrected chi connectivity index (χ3v) is 3.02. The Morgan fingerprint density at radius 3 is 2.94 bits per heavy atom. The number of nitrogen functional groups attached to an aromatic ring is 1. The van der Waals surface area contributed by atoms with Crippen molar-refractivity contribution in [2.45, 2.75) is 13.0 Å². The lowest BCUT2D eigenvalue weighted by molar-refractivity contribution is 0.677. The van der Waals surface area contributed by atoms with Crippen LogP contribution < -0.4 is 5.73 Å². The minimum Gasteiger partial charge on any atom is -0.399 e. The molecule has 92 valence electrons. The van der Waals surface area contributed by atoms with Gasteiger partial charge in [-0.3, -0.25) is 4.68 Å². The van der Waals surface area contributed by atoms with Crippen LogP contribution in [-0.4, -0.2) is 19.3 Å². The molecule has 0 atom stereocenters. The van der Waals surface area contributed by atoms with Crippen LogP contribution in [0.5, 0.6) is 0 Å². The van der Waals surface area contributed by atoms with Crippen LogP contribution in [0.1, 0.15) is 5.69 Å². The fraction of sp³-hybridized carbons (Fsp3) is 0.231. The minimum absolute atomic E-state index is 0.748. The molecule has 1 aromatic carbocycles. The summed E-state index contributed by atoms with van der Waals surface area (Å²) in [5.74, 6) is 0. The predicted molar refractivity (Wildman–Crippen MR) is 71.1 cm³/mol. The molecule has 0 spiro atoms. The minimum atomic E-state index is 0.748. The molecule has 3 rings (SSSR count). The fourth-order valence-electron chi connectivity index (χ4n) is 2.09. The smallest absolute Gasteiger partial charge is 0.0958 e. The van der Waals surface area contributed by atoms with Crippen molar-refractivity contribution in [3.05, 3.63) is 42.5 Å². The number of hydrogen-bond acceptors (Lipinski definition) is 3. The van der Waals surface area contributed by atoms with Crippen molar-refractivity contribution in [1.29, 1.82) is 0 Å². The number of rotatable bonds is 3. The lowest BCUT2D eigenvalue weighted by Gasteiger charge is -2.02. The Balaban J connectivity index is 1.82. The van der Waals surface area contributed by atoms with Gasteiger partial charge >= 0.3 is 0 Å². The van der Waals surface area contributed by atoms with Crippen LogP contribution in [0, 0.1) is 0 Å². The third-order valence-electron chi connectivity index (χ3n) is 3.02. The normalized spacial score (nSPS) is 11.2. The monoisotopic (exact) mass is 241 g/mol. The maximum atomic E-state index is 5.74. The van der Waals surface area contributed by atoms with E-state index in [0.29, 0.717) is 0 Å². The number of hydrogen-bond donors (Lipinski definition) is 1. The van der Waals surface area contributed by atoms with E-state index in [9.17, 15) is 0 Å². The number of nitrogens with zero attached hydrogens (tertiary/aromatic N) is 4. The van der Waals surface area contributed by atoms with E-state index in [-0.39, 0.29) is 0 Å². The van der Waals surface area contributed by atoms with Gasteiger partial charge < -0.3 is 10.3 Å². The molecule has 0 radical (unpaired) electrons. The van der Waals surface area contributed by atoms with Gasteiger partial charge in [0.1, 0.15) is 0 Å². The van der Waals surface area contributed by atoms with Gasteiger partial charge in [0, 0.05) is 31.9 Å². The van der Waals surface area contributed by atoms with Gasteiger partial charge in [0.05, 0.1) is 23.1 Å². The van der Waals surface area contributed by atoms with Crippen LogP contribution in [-0.2, 0) is 20.0 Å². The maximum absolute atomic E-state index is 5.74. The van der Waals surface area contributed by atoms with Crippen molar-refractivity contribution in [1.82, 2.24) is 19.3 Å². The number of aromatic nitrogens is 4. The second-order valence-corrected chi connectivity index (χ2v) is 4.42. The number of nitrogens with two attached hydrogens (primary N) is 1. The molecule has 18 heavy (non-hydrogen) atoms. The Morgan fingerprint density at radius 2 is 2.17 bits per heavy atom. The summed E-state index contributed by atoms with van der Waals surface area (Å²) >= 11 is 0. The first kappa shape index (κ1) is 10.8. The molecule has 0 aliphatic rings. The summed E-state index contributed by atoms with van der Waals surface area (Å²) in [5.41, 5.74) is 9.63. The molecule has 0 saturated carbocycles. The highest BCUT2D eigenvalue weighted by molar-refractivity contribution is 5.78. The van der Waals surface area contributed by atoms with Crippen molar-refractivity contribution in [3.63, 3.8) is 0 Å². The molecule has 5 nitrogen and oxygen atoms in total. The Morgan fingerprint density at radius 1 is 1.28 bits per heavy atom. The molecular weight excluding hydrogens is 226 g/mol. The zero-order valence-electron chi connectivity index (χ0n) is 10.2. The summed E-state index contributed by atoms with van der Waals surface area (Å²) in [4.78, 5) is 4.35. The Hall–Kier alpha value is -2.30. The molecule has 2 aromatic heterocycles. The van der Waals surface area contributed by atoms with Gasteiger partial charge in [-0.2, -0.15) is 5.10 Å². The molecule has 0 saturated heterocycles. The van der Waals surface area contributed by atoms with Crippen LogP contribution in [0.2, 0.25) is 0 Å². The number of aryl methyl sites for hydroxylation is 3. The van der Waals surface area contributed by atoms with E-state index in [2.05, 4.69) is 14.6 Å². The molecule has 0 bridgehead atoms. The van der Waals surface area contributed by atoms with E-state index in [0.717, 1.165) is 35.4 Å². The van der Waals surface area contributed by atoms with Crippen molar-refractivity contribution < 1.29 is 0 Å². The molecule has 0 fully saturated rings. The summed E-state index contributed by atoms with van der Waals surface area (Å²) in [7, 11) is 1.93. The predicted octanol–water partition coefficient (Wildman–Crippen LogP) is 1.59.